The second kappa shape index (κ2) is 6.62. The molecule has 0 radical (unpaired) electrons. The number of para-hydroxylation sites is 2. The molecule has 2 aromatic carbocycles. The molecule has 1 N–H and O–H groups in total. The zero-order valence-corrected chi connectivity index (χ0v) is 12.8. The molecular weight excluding hydrogens is 302 g/mol. The van der Waals surface area contributed by atoms with Gasteiger partial charge in [-0.1, -0.05) is 40.2 Å². The Morgan fingerprint density at radius 1 is 1.11 bits per heavy atom. The van der Waals surface area contributed by atoms with Crippen LogP contribution in [0.4, 0.5) is 5.69 Å². The molecule has 1 unspecified atom stereocenters. The van der Waals surface area contributed by atoms with E-state index in [4.69, 9.17) is 4.74 Å². The van der Waals surface area contributed by atoms with Crippen LogP contribution in [0.15, 0.2) is 53.0 Å². The van der Waals surface area contributed by atoms with E-state index in [0.717, 1.165) is 22.3 Å². The van der Waals surface area contributed by atoms with Gasteiger partial charge in [0, 0.05) is 10.5 Å². The van der Waals surface area contributed by atoms with Crippen molar-refractivity contribution in [2.45, 2.75) is 19.4 Å². The molecule has 0 aliphatic carbocycles. The third kappa shape index (κ3) is 4.00. The third-order valence-electron chi connectivity index (χ3n) is 2.96. The smallest absolute Gasteiger partial charge is 0.141 e. The lowest BCUT2D eigenvalue weighted by molar-refractivity contribution is 0.416. The lowest BCUT2D eigenvalue weighted by Crippen LogP contribution is -2.18. The Bertz CT molecular complexity index is 525. The Morgan fingerprint density at radius 2 is 1.79 bits per heavy atom. The van der Waals surface area contributed by atoms with Crippen molar-refractivity contribution in [1.29, 1.82) is 0 Å². The first-order valence-electron chi connectivity index (χ1n) is 6.33. The van der Waals surface area contributed by atoms with Crippen LogP contribution in [0.1, 0.15) is 12.5 Å². The molecule has 100 valence electrons. The van der Waals surface area contributed by atoms with E-state index in [1.165, 1.54) is 5.56 Å². The molecular formula is C16H18BrNO. The van der Waals surface area contributed by atoms with Gasteiger partial charge in [-0.15, -0.1) is 0 Å². The van der Waals surface area contributed by atoms with Crippen LogP contribution < -0.4 is 10.1 Å². The van der Waals surface area contributed by atoms with E-state index in [1.54, 1.807) is 7.11 Å². The number of rotatable bonds is 5. The minimum absolute atomic E-state index is 0.345. The zero-order chi connectivity index (χ0) is 13.7. The summed E-state index contributed by atoms with van der Waals surface area (Å²) >= 11 is 3.45. The fraction of sp³-hybridized carbons (Fsp3) is 0.250. The highest BCUT2D eigenvalue weighted by Gasteiger charge is 2.07. The highest BCUT2D eigenvalue weighted by Crippen LogP contribution is 2.24. The molecule has 0 aliphatic heterocycles. The fourth-order valence-electron chi connectivity index (χ4n) is 2.05. The molecule has 0 saturated heterocycles. The van der Waals surface area contributed by atoms with Gasteiger partial charge >= 0.3 is 0 Å². The molecule has 2 nitrogen and oxygen atoms in total. The first-order valence-corrected chi connectivity index (χ1v) is 7.12. The molecule has 0 spiro atoms. The number of ether oxygens (including phenoxy) is 1. The number of hydrogen-bond donors (Lipinski definition) is 1. The summed E-state index contributed by atoms with van der Waals surface area (Å²) in [6, 6.07) is 16.8. The van der Waals surface area contributed by atoms with E-state index in [-0.39, 0.29) is 0 Å². The minimum atomic E-state index is 0.345. The topological polar surface area (TPSA) is 21.3 Å². The number of benzene rings is 2. The van der Waals surface area contributed by atoms with Crippen LogP contribution in [0, 0.1) is 0 Å². The molecule has 1 atom stereocenters. The van der Waals surface area contributed by atoms with Gasteiger partial charge in [0.1, 0.15) is 5.75 Å². The predicted octanol–water partition coefficient (Wildman–Crippen LogP) is 4.50. The molecule has 2 rings (SSSR count). The molecule has 0 bridgehead atoms. The lowest BCUT2D eigenvalue weighted by Gasteiger charge is -2.17. The zero-order valence-electron chi connectivity index (χ0n) is 11.2. The molecule has 0 aromatic heterocycles. The summed E-state index contributed by atoms with van der Waals surface area (Å²) in [6.07, 6.45) is 0.978. The molecule has 0 heterocycles. The number of nitrogens with one attached hydrogen (secondary N) is 1. The van der Waals surface area contributed by atoms with Crippen molar-refractivity contribution in [3.8, 4) is 5.75 Å². The summed E-state index contributed by atoms with van der Waals surface area (Å²) in [5.74, 6) is 0.880. The van der Waals surface area contributed by atoms with E-state index in [0.29, 0.717) is 6.04 Å². The lowest BCUT2D eigenvalue weighted by atomic mass is 10.1. The SMILES string of the molecule is COc1ccccc1NC(C)Cc1ccc(Br)cc1. The summed E-state index contributed by atoms with van der Waals surface area (Å²) < 4.78 is 6.46. The molecule has 0 saturated carbocycles. The van der Waals surface area contributed by atoms with Gasteiger partial charge in [-0.2, -0.15) is 0 Å². The molecule has 0 amide bonds. The van der Waals surface area contributed by atoms with Gasteiger partial charge in [-0.05, 0) is 43.2 Å². The Hall–Kier alpha value is -1.48. The maximum atomic E-state index is 5.34. The van der Waals surface area contributed by atoms with Crippen molar-refractivity contribution in [2.24, 2.45) is 0 Å². The second-order valence-electron chi connectivity index (χ2n) is 4.58. The monoisotopic (exact) mass is 319 g/mol. The van der Waals surface area contributed by atoms with Crippen molar-refractivity contribution in [3.63, 3.8) is 0 Å². The van der Waals surface area contributed by atoms with Crippen LogP contribution in [0.5, 0.6) is 5.75 Å². The van der Waals surface area contributed by atoms with Crippen molar-refractivity contribution in [2.75, 3.05) is 12.4 Å². The number of halogens is 1. The summed E-state index contributed by atoms with van der Waals surface area (Å²) in [5.41, 5.74) is 2.35. The average Bonchev–Trinajstić information content (AvgIpc) is 2.42. The van der Waals surface area contributed by atoms with E-state index in [2.05, 4.69) is 52.4 Å². The fourth-order valence-corrected chi connectivity index (χ4v) is 2.32. The summed E-state index contributed by atoms with van der Waals surface area (Å²) in [4.78, 5) is 0. The summed E-state index contributed by atoms with van der Waals surface area (Å²) in [6.45, 7) is 2.18. The molecule has 2 aromatic rings. The normalized spacial score (nSPS) is 11.9. The maximum Gasteiger partial charge on any atom is 0.141 e. The standard InChI is InChI=1S/C16H18BrNO/c1-12(11-13-7-9-14(17)10-8-13)18-15-5-3-4-6-16(15)19-2/h3-10,12,18H,11H2,1-2H3. The number of methoxy groups -OCH3 is 1. The van der Waals surface area contributed by atoms with Crippen molar-refractivity contribution >= 4 is 21.6 Å². The second-order valence-corrected chi connectivity index (χ2v) is 5.49. The van der Waals surface area contributed by atoms with Gasteiger partial charge in [-0.25, -0.2) is 0 Å². The Morgan fingerprint density at radius 3 is 2.47 bits per heavy atom. The summed E-state index contributed by atoms with van der Waals surface area (Å²) in [7, 11) is 1.69. The number of anilines is 1. The largest absolute Gasteiger partial charge is 0.495 e. The van der Waals surface area contributed by atoms with Gasteiger partial charge in [0.2, 0.25) is 0 Å². The predicted molar refractivity (Wildman–Crippen MR) is 83.9 cm³/mol. The third-order valence-corrected chi connectivity index (χ3v) is 3.49. The molecule has 0 fully saturated rings. The molecule has 0 aliphatic rings. The number of hydrogen-bond acceptors (Lipinski definition) is 2. The molecule has 3 heteroatoms. The van der Waals surface area contributed by atoms with E-state index >= 15 is 0 Å². The first-order chi connectivity index (χ1) is 9.19. The molecule has 19 heavy (non-hydrogen) atoms. The Balaban J connectivity index is 2.01. The van der Waals surface area contributed by atoms with Crippen molar-refractivity contribution < 1.29 is 4.74 Å². The van der Waals surface area contributed by atoms with Crippen molar-refractivity contribution in [3.05, 3.63) is 58.6 Å². The van der Waals surface area contributed by atoms with Crippen molar-refractivity contribution in [1.82, 2.24) is 0 Å². The maximum absolute atomic E-state index is 5.34. The van der Waals surface area contributed by atoms with Crippen LogP contribution in [0.2, 0.25) is 0 Å². The average molecular weight is 320 g/mol. The van der Waals surface area contributed by atoms with Crippen LogP contribution in [0.3, 0.4) is 0 Å². The highest BCUT2D eigenvalue weighted by atomic mass is 79.9. The van der Waals surface area contributed by atoms with Crippen LogP contribution >= 0.6 is 15.9 Å². The van der Waals surface area contributed by atoms with Crippen LogP contribution in [-0.4, -0.2) is 13.2 Å². The first kappa shape index (κ1) is 13.9. The van der Waals surface area contributed by atoms with Gasteiger partial charge in [-0.3, -0.25) is 0 Å². The van der Waals surface area contributed by atoms with E-state index < -0.39 is 0 Å². The quantitative estimate of drug-likeness (QED) is 0.876. The van der Waals surface area contributed by atoms with Crippen LogP contribution in [-0.2, 0) is 6.42 Å². The van der Waals surface area contributed by atoms with Gasteiger partial charge < -0.3 is 10.1 Å². The van der Waals surface area contributed by atoms with Gasteiger partial charge in [0.25, 0.3) is 0 Å². The van der Waals surface area contributed by atoms with Crippen LogP contribution in [0.25, 0.3) is 0 Å². The van der Waals surface area contributed by atoms with Gasteiger partial charge in [0.05, 0.1) is 12.8 Å². The Labute approximate surface area is 122 Å². The Kier molecular flexibility index (Phi) is 4.86. The minimum Gasteiger partial charge on any atom is -0.495 e. The van der Waals surface area contributed by atoms with E-state index in [9.17, 15) is 0 Å². The van der Waals surface area contributed by atoms with E-state index in [1.807, 2.05) is 24.3 Å². The summed E-state index contributed by atoms with van der Waals surface area (Å²) in [5, 5.41) is 3.49. The van der Waals surface area contributed by atoms with Gasteiger partial charge in [0.15, 0.2) is 0 Å². The highest BCUT2D eigenvalue weighted by molar-refractivity contribution is 9.10.